The molecule has 10 nitrogen and oxygen atoms in total. The summed E-state index contributed by atoms with van der Waals surface area (Å²) in [7, 11) is -1.42. The van der Waals surface area contributed by atoms with E-state index in [-0.39, 0.29) is 41.7 Å². The number of amides is 2. The minimum Gasteiger partial charge on any atom is -0.493 e. The zero-order valence-corrected chi connectivity index (χ0v) is 31.1. The normalized spacial score (nSPS) is 18.7. The number of alkyl halides is 3. The van der Waals surface area contributed by atoms with Gasteiger partial charge in [0.2, 0.25) is 0 Å². The monoisotopic (exact) mass is 717 g/mol. The minimum atomic E-state index is -4.59. The predicted octanol–water partition coefficient (Wildman–Crippen LogP) is 8.35. The van der Waals surface area contributed by atoms with Crippen molar-refractivity contribution in [2.45, 2.75) is 122 Å². The van der Waals surface area contributed by atoms with Gasteiger partial charge in [0.15, 0.2) is 0 Å². The van der Waals surface area contributed by atoms with Crippen molar-refractivity contribution in [2.24, 2.45) is 5.92 Å². The number of halogens is 3. The number of nitrogens with zero attached hydrogens (tertiary/aromatic N) is 4. The first-order valence-corrected chi connectivity index (χ1v) is 21.1. The average Bonchev–Trinajstić information content (AvgIpc) is 3.79. The zero-order valence-electron chi connectivity index (χ0n) is 30.1. The van der Waals surface area contributed by atoms with Crippen molar-refractivity contribution >= 4 is 31.1 Å². The SMILES string of the molecule is Cc1c(C(=O)N[C@H]2CC[C@H](N(C(=O)O)C(C)(C)C)CC2)c2ncnc(-c3cc(C(F)(F)F)ccc3OCC3CC3)c2n1COCC[Si](C)(C)C. The van der Waals surface area contributed by atoms with Gasteiger partial charge in [0, 0.05) is 43.6 Å². The summed E-state index contributed by atoms with van der Waals surface area (Å²) >= 11 is 0. The van der Waals surface area contributed by atoms with Crippen LogP contribution in [0.4, 0.5) is 18.0 Å². The Kier molecular flexibility index (Phi) is 10.9. The molecule has 2 saturated carbocycles. The van der Waals surface area contributed by atoms with E-state index in [4.69, 9.17) is 9.47 Å². The summed E-state index contributed by atoms with van der Waals surface area (Å²) in [5.41, 5.74) is 0.558. The number of carbonyl (C=O) groups is 2. The number of hydrogen-bond acceptors (Lipinski definition) is 6. The van der Waals surface area contributed by atoms with Gasteiger partial charge in [-0.15, -0.1) is 0 Å². The first kappa shape index (κ1) is 37.6. The molecule has 274 valence electrons. The number of carboxylic acid groups (broad SMARTS) is 1. The Morgan fingerprint density at radius 2 is 1.74 bits per heavy atom. The number of benzene rings is 1. The molecule has 50 heavy (non-hydrogen) atoms. The fourth-order valence-electron chi connectivity index (χ4n) is 6.69. The number of fused-ring (bicyclic) bond motifs is 1. The third-order valence-corrected chi connectivity index (χ3v) is 11.3. The number of aromatic nitrogens is 3. The molecule has 0 spiro atoms. The van der Waals surface area contributed by atoms with Gasteiger partial charge < -0.3 is 29.4 Å². The molecule has 2 amide bonds. The Morgan fingerprint density at radius 1 is 1.06 bits per heavy atom. The van der Waals surface area contributed by atoms with E-state index >= 15 is 0 Å². The van der Waals surface area contributed by atoms with E-state index in [1.165, 1.54) is 17.3 Å². The molecule has 0 saturated heterocycles. The summed E-state index contributed by atoms with van der Waals surface area (Å²) < 4.78 is 56.0. The van der Waals surface area contributed by atoms with Crippen molar-refractivity contribution in [3.63, 3.8) is 0 Å². The molecule has 2 aliphatic carbocycles. The Hall–Kier alpha value is -3.65. The molecule has 0 aliphatic heterocycles. The highest BCUT2D eigenvalue weighted by molar-refractivity contribution is 6.76. The summed E-state index contributed by atoms with van der Waals surface area (Å²) in [6.07, 6.45) is 0.146. The van der Waals surface area contributed by atoms with Crippen molar-refractivity contribution in [1.82, 2.24) is 24.8 Å². The van der Waals surface area contributed by atoms with Crippen molar-refractivity contribution in [2.75, 3.05) is 13.2 Å². The Bertz CT molecular complexity index is 1700. The first-order valence-electron chi connectivity index (χ1n) is 17.4. The molecule has 2 fully saturated rings. The van der Waals surface area contributed by atoms with Crippen molar-refractivity contribution in [1.29, 1.82) is 0 Å². The second kappa shape index (κ2) is 14.5. The molecule has 0 radical (unpaired) electrons. The molecule has 0 bridgehead atoms. The number of nitrogens with one attached hydrogen (secondary N) is 1. The molecule has 0 unspecified atom stereocenters. The fraction of sp³-hybridized carbons (Fsp3) is 0.611. The van der Waals surface area contributed by atoms with Crippen LogP contribution in [0.3, 0.4) is 0 Å². The van der Waals surface area contributed by atoms with E-state index in [2.05, 4.69) is 34.9 Å². The van der Waals surface area contributed by atoms with Gasteiger partial charge in [-0.3, -0.25) is 4.79 Å². The third-order valence-electron chi connectivity index (χ3n) is 9.60. The molecule has 1 aromatic carbocycles. The summed E-state index contributed by atoms with van der Waals surface area (Å²) in [4.78, 5) is 36.7. The molecule has 0 atom stereocenters. The molecular formula is C36H50F3N5O5Si. The minimum absolute atomic E-state index is 0.0562. The lowest BCUT2D eigenvalue weighted by atomic mass is 9.88. The quantitative estimate of drug-likeness (QED) is 0.143. The van der Waals surface area contributed by atoms with Crippen molar-refractivity contribution < 1.29 is 37.3 Å². The van der Waals surface area contributed by atoms with Crippen LogP contribution in [-0.4, -0.2) is 75.5 Å². The Morgan fingerprint density at radius 3 is 2.32 bits per heavy atom. The van der Waals surface area contributed by atoms with E-state index in [1.807, 2.05) is 20.8 Å². The molecule has 14 heteroatoms. The van der Waals surface area contributed by atoms with Crippen LogP contribution >= 0.6 is 0 Å². The molecule has 3 aromatic rings. The molecule has 2 aliphatic rings. The number of rotatable bonds is 12. The van der Waals surface area contributed by atoms with Crippen LogP contribution in [-0.2, 0) is 17.6 Å². The lowest BCUT2D eigenvalue weighted by Gasteiger charge is -2.42. The van der Waals surface area contributed by atoms with Gasteiger partial charge >= 0.3 is 12.3 Å². The summed E-state index contributed by atoms with van der Waals surface area (Å²) in [6.45, 7) is 15.1. The number of carbonyl (C=O) groups excluding carboxylic acids is 1. The van der Waals surface area contributed by atoms with Crippen LogP contribution in [0, 0.1) is 12.8 Å². The van der Waals surface area contributed by atoms with Crippen LogP contribution in [0.2, 0.25) is 25.7 Å². The second-order valence-corrected chi connectivity index (χ2v) is 21.5. The van der Waals surface area contributed by atoms with Gasteiger partial charge in [-0.2, -0.15) is 13.2 Å². The van der Waals surface area contributed by atoms with Gasteiger partial charge in [-0.05, 0) is 96.4 Å². The maximum atomic E-state index is 14.1. The molecule has 2 N–H and O–H groups in total. The number of ether oxygens (including phenoxy) is 2. The predicted molar refractivity (Wildman–Crippen MR) is 188 cm³/mol. The Labute approximate surface area is 292 Å². The van der Waals surface area contributed by atoms with Gasteiger partial charge in [0.05, 0.1) is 23.3 Å². The topological polar surface area (TPSA) is 119 Å². The van der Waals surface area contributed by atoms with Crippen LogP contribution in [0.25, 0.3) is 22.3 Å². The average molecular weight is 718 g/mol. The maximum absolute atomic E-state index is 14.1. The number of hydrogen-bond donors (Lipinski definition) is 2. The van der Waals surface area contributed by atoms with E-state index < -0.39 is 31.4 Å². The second-order valence-electron chi connectivity index (χ2n) is 15.9. The first-order chi connectivity index (χ1) is 23.3. The van der Waals surface area contributed by atoms with Crippen molar-refractivity contribution in [3.05, 3.63) is 41.3 Å². The van der Waals surface area contributed by atoms with Crippen molar-refractivity contribution in [3.8, 4) is 17.0 Å². The molecular weight excluding hydrogens is 668 g/mol. The van der Waals surface area contributed by atoms with Crippen LogP contribution in [0.15, 0.2) is 24.5 Å². The third kappa shape index (κ3) is 8.79. The highest BCUT2D eigenvalue weighted by Crippen LogP contribution is 2.41. The molecule has 2 aromatic heterocycles. The molecule has 5 rings (SSSR count). The maximum Gasteiger partial charge on any atom is 0.416 e. The van der Waals surface area contributed by atoms with Gasteiger partial charge in [0.25, 0.3) is 5.91 Å². The summed E-state index contributed by atoms with van der Waals surface area (Å²) in [6, 6.07) is 3.97. The standard InChI is InChI=1S/C36H50F3N5O5Si/c1-22-29(33(45)42-25-11-13-26(14-12-25)44(34(46)47)35(2,3)4)31-32(43(22)21-48-16-17-50(5,6)7)30(40-20-41-31)27-18-24(36(37,38)39)10-15-28(27)49-19-23-8-9-23/h10,15,18,20,23,25-26H,8-9,11-14,16-17,19,21H2,1-7H3,(H,42,45)(H,46,47)/t25-,26-. The molecule has 2 heterocycles. The van der Waals surface area contributed by atoms with E-state index in [1.54, 1.807) is 11.5 Å². The largest absolute Gasteiger partial charge is 0.493 e. The zero-order chi connectivity index (χ0) is 36.6. The smallest absolute Gasteiger partial charge is 0.416 e. The Balaban J connectivity index is 1.51. The highest BCUT2D eigenvalue weighted by Gasteiger charge is 2.37. The van der Waals surface area contributed by atoms with E-state index in [0.717, 1.165) is 31.0 Å². The highest BCUT2D eigenvalue weighted by atomic mass is 28.3. The summed E-state index contributed by atoms with van der Waals surface area (Å²) in [5.74, 6) is 0.289. The van der Waals surface area contributed by atoms with Gasteiger partial charge in [-0.1, -0.05) is 19.6 Å². The lowest BCUT2D eigenvalue weighted by molar-refractivity contribution is -0.137. The van der Waals surface area contributed by atoms with Gasteiger partial charge in [-0.25, -0.2) is 14.8 Å². The van der Waals surface area contributed by atoms with Gasteiger partial charge in [0.1, 0.15) is 30.0 Å². The van der Waals surface area contributed by atoms with Crippen LogP contribution < -0.4 is 10.1 Å². The van der Waals surface area contributed by atoms with Crippen LogP contribution in [0.5, 0.6) is 5.75 Å². The fourth-order valence-corrected chi connectivity index (χ4v) is 7.45. The van der Waals surface area contributed by atoms with Crippen LogP contribution in [0.1, 0.15) is 80.9 Å². The van der Waals surface area contributed by atoms with E-state index in [0.29, 0.717) is 67.1 Å². The lowest BCUT2D eigenvalue weighted by Crippen LogP contribution is -2.53. The summed E-state index contributed by atoms with van der Waals surface area (Å²) in [5, 5.41) is 13.0. The van der Waals surface area contributed by atoms with E-state index in [9.17, 15) is 27.9 Å².